The summed E-state index contributed by atoms with van der Waals surface area (Å²) in [7, 11) is 3.96. The lowest BCUT2D eigenvalue weighted by molar-refractivity contribution is 0.252. The fourth-order valence-corrected chi connectivity index (χ4v) is 2.24. The van der Waals surface area contributed by atoms with Crippen LogP contribution in [0.25, 0.3) is 0 Å². The Labute approximate surface area is 117 Å². The largest absolute Gasteiger partial charge is 0.378 e. The van der Waals surface area contributed by atoms with Gasteiger partial charge in [-0.1, -0.05) is 6.07 Å². The number of thiophene rings is 1. The molecule has 0 fully saturated rings. The molecule has 0 aliphatic rings. The lowest BCUT2D eigenvalue weighted by atomic mass is 10.2. The molecule has 2 aromatic rings. The number of hydrogen-bond donors (Lipinski definition) is 2. The highest BCUT2D eigenvalue weighted by Crippen LogP contribution is 2.15. The van der Waals surface area contributed by atoms with Crippen molar-refractivity contribution in [2.24, 2.45) is 0 Å². The van der Waals surface area contributed by atoms with Crippen molar-refractivity contribution in [3.63, 3.8) is 0 Å². The molecule has 0 atom stereocenters. The molecule has 0 radical (unpaired) electrons. The first-order chi connectivity index (χ1) is 9.15. The zero-order valence-corrected chi connectivity index (χ0v) is 11.8. The van der Waals surface area contributed by atoms with Crippen LogP contribution in [0.5, 0.6) is 0 Å². The maximum Gasteiger partial charge on any atom is 0.319 e. The van der Waals surface area contributed by atoms with Gasteiger partial charge in [0, 0.05) is 30.3 Å². The Morgan fingerprint density at radius 2 is 1.95 bits per heavy atom. The molecule has 1 aromatic carbocycles. The maximum atomic E-state index is 11.7. The zero-order valence-electron chi connectivity index (χ0n) is 11.0. The second kappa shape index (κ2) is 6.24. The third-order valence-corrected chi connectivity index (χ3v) is 3.52. The van der Waals surface area contributed by atoms with E-state index in [-0.39, 0.29) is 6.03 Å². The average Bonchev–Trinajstić information content (AvgIpc) is 2.90. The monoisotopic (exact) mass is 275 g/mol. The van der Waals surface area contributed by atoms with E-state index in [1.54, 1.807) is 11.3 Å². The van der Waals surface area contributed by atoms with Crippen LogP contribution in [0.3, 0.4) is 0 Å². The summed E-state index contributed by atoms with van der Waals surface area (Å²) in [6.45, 7) is 0.555. The molecule has 0 saturated carbocycles. The molecule has 2 amide bonds. The zero-order chi connectivity index (χ0) is 13.7. The predicted octanol–water partition coefficient (Wildman–Crippen LogP) is 3.14. The molecule has 0 unspecified atom stereocenters. The third kappa shape index (κ3) is 3.99. The number of hydrogen-bond acceptors (Lipinski definition) is 3. The molecule has 4 nitrogen and oxygen atoms in total. The van der Waals surface area contributed by atoms with E-state index < -0.39 is 0 Å². The Morgan fingerprint density at radius 1 is 1.21 bits per heavy atom. The number of nitrogens with one attached hydrogen (secondary N) is 2. The van der Waals surface area contributed by atoms with Crippen molar-refractivity contribution >= 4 is 28.7 Å². The maximum absolute atomic E-state index is 11.7. The van der Waals surface area contributed by atoms with Gasteiger partial charge >= 0.3 is 6.03 Å². The number of benzene rings is 1. The van der Waals surface area contributed by atoms with Gasteiger partial charge in [0.15, 0.2) is 0 Å². The highest BCUT2D eigenvalue weighted by molar-refractivity contribution is 7.09. The Balaban J connectivity index is 1.84. The number of carbonyl (C=O) groups is 1. The Morgan fingerprint density at radius 3 is 2.53 bits per heavy atom. The van der Waals surface area contributed by atoms with Gasteiger partial charge in [0.05, 0.1) is 6.54 Å². The minimum absolute atomic E-state index is 0.189. The fourth-order valence-electron chi connectivity index (χ4n) is 1.60. The van der Waals surface area contributed by atoms with E-state index in [4.69, 9.17) is 0 Å². The topological polar surface area (TPSA) is 44.4 Å². The number of nitrogens with zero attached hydrogens (tertiary/aromatic N) is 1. The van der Waals surface area contributed by atoms with Crippen LogP contribution in [0.15, 0.2) is 41.8 Å². The van der Waals surface area contributed by atoms with Crippen molar-refractivity contribution in [3.05, 3.63) is 46.7 Å². The summed E-state index contributed by atoms with van der Waals surface area (Å²) in [6.07, 6.45) is 0. The molecule has 0 aliphatic carbocycles. The third-order valence-electron chi connectivity index (χ3n) is 2.64. The summed E-state index contributed by atoms with van der Waals surface area (Å²) < 4.78 is 0. The number of urea groups is 1. The lowest BCUT2D eigenvalue weighted by Gasteiger charge is -2.13. The van der Waals surface area contributed by atoms with Gasteiger partial charge < -0.3 is 15.5 Å². The van der Waals surface area contributed by atoms with E-state index in [1.807, 2.05) is 60.8 Å². The highest BCUT2D eigenvalue weighted by Gasteiger charge is 2.02. The molecular formula is C14H17N3OS. The molecule has 2 N–H and O–H groups in total. The molecule has 100 valence electrons. The Hall–Kier alpha value is -2.01. The second-order valence-corrected chi connectivity index (χ2v) is 5.36. The standard InChI is InChI=1S/C14H17N3OS/c1-17(2)12-7-5-11(6-8-12)16-14(18)15-10-13-4-3-9-19-13/h3-9H,10H2,1-2H3,(H2,15,16,18). The van der Waals surface area contributed by atoms with E-state index >= 15 is 0 Å². The molecule has 0 saturated heterocycles. The van der Waals surface area contributed by atoms with Crippen LogP contribution >= 0.6 is 11.3 Å². The van der Waals surface area contributed by atoms with Crippen molar-refractivity contribution in [3.8, 4) is 0 Å². The number of rotatable bonds is 4. The van der Waals surface area contributed by atoms with Crippen LogP contribution in [-0.4, -0.2) is 20.1 Å². The molecule has 1 aromatic heterocycles. The average molecular weight is 275 g/mol. The summed E-state index contributed by atoms with van der Waals surface area (Å²) in [5, 5.41) is 7.62. The first-order valence-electron chi connectivity index (χ1n) is 6.00. The van der Waals surface area contributed by atoms with Crippen molar-refractivity contribution < 1.29 is 4.79 Å². The second-order valence-electron chi connectivity index (χ2n) is 4.33. The van der Waals surface area contributed by atoms with Gasteiger partial charge in [-0.2, -0.15) is 0 Å². The van der Waals surface area contributed by atoms with Gasteiger partial charge in [-0.15, -0.1) is 11.3 Å². The number of anilines is 2. The Bertz CT molecular complexity index is 520. The van der Waals surface area contributed by atoms with Crippen molar-refractivity contribution in [1.82, 2.24) is 5.32 Å². The van der Waals surface area contributed by atoms with Crippen molar-refractivity contribution in [1.29, 1.82) is 0 Å². The number of amides is 2. The van der Waals surface area contributed by atoms with Gasteiger partial charge in [-0.05, 0) is 35.7 Å². The van der Waals surface area contributed by atoms with Crippen LogP contribution < -0.4 is 15.5 Å². The van der Waals surface area contributed by atoms with Gasteiger partial charge in [0.25, 0.3) is 0 Å². The summed E-state index contributed by atoms with van der Waals surface area (Å²) in [6, 6.07) is 11.5. The van der Waals surface area contributed by atoms with Crippen LogP contribution in [0, 0.1) is 0 Å². The summed E-state index contributed by atoms with van der Waals surface area (Å²) in [4.78, 5) is 14.9. The molecule has 5 heteroatoms. The van der Waals surface area contributed by atoms with Gasteiger partial charge in [-0.3, -0.25) is 0 Å². The molecule has 1 heterocycles. The van der Waals surface area contributed by atoms with Crippen LogP contribution in [0.1, 0.15) is 4.88 Å². The van der Waals surface area contributed by atoms with E-state index in [0.29, 0.717) is 6.54 Å². The van der Waals surface area contributed by atoms with E-state index in [2.05, 4.69) is 10.6 Å². The molecular weight excluding hydrogens is 258 g/mol. The lowest BCUT2D eigenvalue weighted by Crippen LogP contribution is -2.27. The fraction of sp³-hybridized carbons (Fsp3) is 0.214. The minimum Gasteiger partial charge on any atom is -0.378 e. The summed E-state index contributed by atoms with van der Waals surface area (Å²) in [5.41, 5.74) is 1.89. The number of carbonyl (C=O) groups excluding carboxylic acids is 1. The van der Waals surface area contributed by atoms with Gasteiger partial charge in [-0.25, -0.2) is 4.79 Å². The van der Waals surface area contributed by atoms with Gasteiger partial charge in [0.2, 0.25) is 0 Å². The minimum atomic E-state index is -0.189. The van der Waals surface area contributed by atoms with Crippen LogP contribution in [0.4, 0.5) is 16.2 Å². The Kier molecular flexibility index (Phi) is 4.41. The SMILES string of the molecule is CN(C)c1ccc(NC(=O)NCc2cccs2)cc1. The van der Waals surface area contributed by atoms with E-state index in [9.17, 15) is 4.79 Å². The smallest absolute Gasteiger partial charge is 0.319 e. The van der Waals surface area contributed by atoms with Crippen molar-refractivity contribution in [2.75, 3.05) is 24.3 Å². The van der Waals surface area contributed by atoms with Crippen LogP contribution in [-0.2, 0) is 6.54 Å². The van der Waals surface area contributed by atoms with E-state index in [1.165, 1.54) is 0 Å². The molecule has 0 aliphatic heterocycles. The molecule has 19 heavy (non-hydrogen) atoms. The van der Waals surface area contributed by atoms with Gasteiger partial charge in [0.1, 0.15) is 0 Å². The first-order valence-corrected chi connectivity index (χ1v) is 6.88. The first kappa shape index (κ1) is 13.4. The predicted molar refractivity (Wildman–Crippen MR) is 80.9 cm³/mol. The highest BCUT2D eigenvalue weighted by atomic mass is 32.1. The summed E-state index contributed by atoms with van der Waals surface area (Å²) in [5.74, 6) is 0. The molecule has 0 spiro atoms. The molecule has 0 bridgehead atoms. The molecule has 2 rings (SSSR count). The normalized spacial score (nSPS) is 10.0. The van der Waals surface area contributed by atoms with E-state index in [0.717, 1.165) is 16.3 Å². The summed E-state index contributed by atoms with van der Waals surface area (Å²) >= 11 is 1.63. The quantitative estimate of drug-likeness (QED) is 0.900. The van der Waals surface area contributed by atoms with Crippen molar-refractivity contribution in [2.45, 2.75) is 6.54 Å². The van der Waals surface area contributed by atoms with Crippen LogP contribution in [0.2, 0.25) is 0 Å².